The summed E-state index contributed by atoms with van der Waals surface area (Å²) in [6.45, 7) is 6.41. The summed E-state index contributed by atoms with van der Waals surface area (Å²) in [5.41, 5.74) is 1.18. The molecule has 1 unspecified atom stereocenters. The number of nitrogens with one attached hydrogen (secondary N) is 2. The molecule has 160 valence electrons. The predicted molar refractivity (Wildman–Crippen MR) is 117 cm³/mol. The molecular weight excluding hydrogens is 484 g/mol. The van der Waals surface area contributed by atoms with E-state index in [-0.39, 0.29) is 29.9 Å². The van der Waals surface area contributed by atoms with Gasteiger partial charge >= 0.3 is 6.18 Å². The second-order valence-electron chi connectivity index (χ2n) is 6.81. The third-order valence-electron chi connectivity index (χ3n) is 4.31. The van der Waals surface area contributed by atoms with Gasteiger partial charge in [0.2, 0.25) is 0 Å². The Bertz CT molecular complexity index is 596. The first kappa shape index (κ1) is 24.8. The van der Waals surface area contributed by atoms with Crippen LogP contribution in [0.4, 0.5) is 13.2 Å². The molecule has 9 heteroatoms. The molecule has 0 radical (unpaired) electrons. The minimum atomic E-state index is -4.13. The average Bonchev–Trinajstić information content (AvgIpc) is 3.03. The minimum absolute atomic E-state index is 0. The summed E-state index contributed by atoms with van der Waals surface area (Å²) in [5, 5.41) is 6.35. The molecule has 0 amide bonds. The lowest BCUT2D eigenvalue weighted by Gasteiger charge is -2.17. The lowest BCUT2D eigenvalue weighted by Crippen LogP contribution is -2.39. The molecule has 1 saturated heterocycles. The van der Waals surface area contributed by atoms with E-state index in [0.717, 1.165) is 18.7 Å². The van der Waals surface area contributed by atoms with E-state index in [9.17, 15) is 13.2 Å². The Kier molecular flexibility index (Phi) is 10.9. The summed E-state index contributed by atoms with van der Waals surface area (Å²) < 4.78 is 43.1. The van der Waals surface area contributed by atoms with Crippen molar-refractivity contribution in [1.29, 1.82) is 0 Å². The first-order chi connectivity index (χ1) is 12.9. The number of nitrogens with zero attached hydrogens (tertiary/aromatic N) is 2. The molecule has 0 aliphatic carbocycles. The highest BCUT2D eigenvalue weighted by molar-refractivity contribution is 14.0. The van der Waals surface area contributed by atoms with E-state index in [1.54, 1.807) is 0 Å². The second-order valence-corrected chi connectivity index (χ2v) is 6.81. The van der Waals surface area contributed by atoms with Gasteiger partial charge in [-0.15, -0.1) is 24.0 Å². The first-order valence-electron chi connectivity index (χ1n) is 9.36. The van der Waals surface area contributed by atoms with Crippen LogP contribution in [0.1, 0.15) is 18.9 Å². The van der Waals surface area contributed by atoms with Crippen molar-refractivity contribution in [2.45, 2.75) is 26.4 Å². The predicted octanol–water partition coefficient (Wildman–Crippen LogP) is 3.43. The van der Waals surface area contributed by atoms with E-state index in [0.29, 0.717) is 38.7 Å². The zero-order chi connectivity index (χ0) is 19.7. The number of aliphatic imine (C=N–C) groups is 1. The molecule has 1 atom stereocenters. The number of ether oxygens (including phenoxy) is 1. The van der Waals surface area contributed by atoms with Crippen LogP contribution in [-0.4, -0.2) is 62.9 Å². The fourth-order valence-corrected chi connectivity index (χ4v) is 2.99. The Labute approximate surface area is 182 Å². The molecule has 28 heavy (non-hydrogen) atoms. The lowest BCUT2D eigenvalue weighted by atomic mass is 10.1. The molecule has 1 heterocycles. The van der Waals surface area contributed by atoms with Crippen molar-refractivity contribution in [3.8, 4) is 5.75 Å². The van der Waals surface area contributed by atoms with Crippen LogP contribution in [0, 0.1) is 12.8 Å². The van der Waals surface area contributed by atoms with Gasteiger partial charge in [0.1, 0.15) is 12.4 Å². The van der Waals surface area contributed by atoms with Crippen LogP contribution in [0.25, 0.3) is 0 Å². The van der Waals surface area contributed by atoms with E-state index in [4.69, 9.17) is 4.74 Å². The van der Waals surface area contributed by atoms with Gasteiger partial charge in [0.25, 0.3) is 0 Å². The van der Waals surface area contributed by atoms with E-state index < -0.39 is 12.7 Å². The largest absolute Gasteiger partial charge is 0.492 e. The SMILES string of the molecule is CCNC(=NCC1CCN(CC(F)(F)F)C1)NCCOc1ccc(C)cc1.I. The maximum atomic E-state index is 12.5. The van der Waals surface area contributed by atoms with Gasteiger partial charge in [-0.05, 0) is 44.9 Å². The standard InChI is InChI=1S/C19H29F3N4O.HI/c1-3-23-18(24-9-11-27-17-6-4-15(2)5-7-17)25-12-16-8-10-26(13-16)14-19(20,21)22;/h4-7,16H,3,8-14H2,1-2H3,(H2,23,24,25);1H. The van der Waals surface area contributed by atoms with Crippen LogP contribution < -0.4 is 15.4 Å². The number of rotatable bonds is 8. The maximum absolute atomic E-state index is 12.5. The number of alkyl halides is 3. The summed E-state index contributed by atoms with van der Waals surface area (Å²) in [6, 6.07) is 7.86. The molecule has 0 saturated carbocycles. The molecule has 0 aromatic heterocycles. The fourth-order valence-electron chi connectivity index (χ4n) is 2.99. The van der Waals surface area contributed by atoms with Crippen molar-refractivity contribution in [1.82, 2.24) is 15.5 Å². The van der Waals surface area contributed by atoms with Gasteiger partial charge in [0.05, 0.1) is 13.1 Å². The minimum Gasteiger partial charge on any atom is -0.492 e. The van der Waals surface area contributed by atoms with Gasteiger partial charge in [0, 0.05) is 19.6 Å². The van der Waals surface area contributed by atoms with Crippen molar-refractivity contribution in [3.63, 3.8) is 0 Å². The van der Waals surface area contributed by atoms with Gasteiger partial charge < -0.3 is 15.4 Å². The number of aryl methyl sites for hydroxylation is 1. The fraction of sp³-hybridized carbons (Fsp3) is 0.632. The van der Waals surface area contributed by atoms with Crippen molar-refractivity contribution in [2.24, 2.45) is 10.9 Å². The topological polar surface area (TPSA) is 48.9 Å². The van der Waals surface area contributed by atoms with Gasteiger partial charge in [-0.2, -0.15) is 13.2 Å². The Morgan fingerprint density at radius 2 is 1.96 bits per heavy atom. The molecule has 0 spiro atoms. The smallest absolute Gasteiger partial charge is 0.401 e. The Balaban J connectivity index is 0.00000392. The van der Waals surface area contributed by atoms with E-state index in [1.807, 2.05) is 38.1 Å². The van der Waals surface area contributed by atoms with Crippen molar-refractivity contribution in [2.75, 3.05) is 45.9 Å². The van der Waals surface area contributed by atoms with Crippen LogP contribution in [0.5, 0.6) is 5.75 Å². The van der Waals surface area contributed by atoms with Crippen LogP contribution in [-0.2, 0) is 0 Å². The number of hydrogen-bond acceptors (Lipinski definition) is 3. The average molecular weight is 514 g/mol. The molecule has 1 aromatic carbocycles. The summed E-state index contributed by atoms with van der Waals surface area (Å²) in [6.07, 6.45) is -3.39. The molecule has 1 aromatic rings. The monoisotopic (exact) mass is 514 g/mol. The van der Waals surface area contributed by atoms with Gasteiger partial charge in [-0.25, -0.2) is 0 Å². The quantitative estimate of drug-likeness (QED) is 0.242. The number of benzene rings is 1. The summed E-state index contributed by atoms with van der Waals surface area (Å²) in [7, 11) is 0. The molecule has 5 nitrogen and oxygen atoms in total. The van der Waals surface area contributed by atoms with Crippen molar-refractivity contribution >= 4 is 29.9 Å². The molecule has 1 fully saturated rings. The molecule has 1 aliphatic heterocycles. The summed E-state index contributed by atoms with van der Waals surface area (Å²) >= 11 is 0. The zero-order valence-electron chi connectivity index (χ0n) is 16.4. The Morgan fingerprint density at radius 3 is 2.61 bits per heavy atom. The molecule has 1 aliphatic rings. The Hall–Kier alpha value is -1.23. The van der Waals surface area contributed by atoms with E-state index in [1.165, 1.54) is 10.5 Å². The number of likely N-dealkylation sites (tertiary alicyclic amines) is 1. The molecule has 2 N–H and O–H groups in total. The van der Waals surface area contributed by atoms with Crippen LogP contribution in [0.15, 0.2) is 29.3 Å². The second kappa shape index (κ2) is 12.4. The highest BCUT2D eigenvalue weighted by atomic mass is 127. The normalized spacial score (nSPS) is 17.9. The van der Waals surface area contributed by atoms with Gasteiger partial charge in [-0.3, -0.25) is 9.89 Å². The summed E-state index contributed by atoms with van der Waals surface area (Å²) in [5.74, 6) is 1.64. The third-order valence-corrected chi connectivity index (χ3v) is 4.31. The highest BCUT2D eigenvalue weighted by Crippen LogP contribution is 2.22. The van der Waals surface area contributed by atoms with Crippen LogP contribution in [0.2, 0.25) is 0 Å². The molecule has 0 bridgehead atoms. The van der Waals surface area contributed by atoms with Gasteiger partial charge in [-0.1, -0.05) is 17.7 Å². The van der Waals surface area contributed by atoms with Crippen LogP contribution in [0.3, 0.4) is 0 Å². The van der Waals surface area contributed by atoms with E-state index >= 15 is 0 Å². The number of halogens is 4. The highest BCUT2D eigenvalue weighted by Gasteiger charge is 2.34. The maximum Gasteiger partial charge on any atom is 0.401 e. The molecular formula is C19H30F3IN4O. The number of guanidine groups is 1. The van der Waals surface area contributed by atoms with Gasteiger partial charge in [0.15, 0.2) is 5.96 Å². The summed E-state index contributed by atoms with van der Waals surface area (Å²) in [4.78, 5) is 5.97. The number of hydrogen-bond donors (Lipinski definition) is 2. The van der Waals surface area contributed by atoms with Crippen molar-refractivity contribution < 1.29 is 17.9 Å². The van der Waals surface area contributed by atoms with E-state index in [2.05, 4.69) is 15.6 Å². The van der Waals surface area contributed by atoms with Crippen molar-refractivity contribution in [3.05, 3.63) is 29.8 Å². The Morgan fingerprint density at radius 1 is 1.25 bits per heavy atom. The first-order valence-corrected chi connectivity index (χ1v) is 9.36. The van der Waals surface area contributed by atoms with Crippen LogP contribution >= 0.6 is 24.0 Å². The molecule has 2 rings (SSSR count). The third kappa shape index (κ3) is 9.81. The lowest BCUT2D eigenvalue weighted by molar-refractivity contribution is -0.143. The zero-order valence-corrected chi connectivity index (χ0v) is 18.7.